The second-order valence-electron chi connectivity index (χ2n) is 38.4. The Labute approximate surface area is 604 Å². The van der Waals surface area contributed by atoms with Crippen LogP contribution in [0.5, 0.6) is 34.5 Å². The largest absolute Gasteiger partial charge is 0.458 e. The summed E-state index contributed by atoms with van der Waals surface area (Å²) in [5.41, 5.74) is 30.0. The van der Waals surface area contributed by atoms with Gasteiger partial charge in [0.15, 0.2) is 0 Å². The fourth-order valence-corrected chi connectivity index (χ4v) is 16.9. The molecule has 0 amide bonds. The number of hydrogen-bond acceptors (Lipinski definition) is 6. The van der Waals surface area contributed by atoms with Crippen molar-refractivity contribution in [2.24, 2.45) is 0 Å². The van der Waals surface area contributed by atoms with Crippen molar-refractivity contribution in [1.29, 1.82) is 0 Å². The molecule has 6 heterocycles. The zero-order valence-corrected chi connectivity index (χ0v) is 64.5. The molecule has 510 valence electrons. The van der Waals surface area contributed by atoms with E-state index in [1.807, 2.05) is 0 Å². The quantitative estimate of drug-likeness (QED) is 0.164. The van der Waals surface area contributed by atoms with Gasteiger partial charge in [0.2, 0.25) is 0 Å². The average molecular weight is 1330 g/mol. The van der Waals surface area contributed by atoms with E-state index in [0.717, 1.165) is 85.2 Å². The van der Waals surface area contributed by atoms with Crippen LogP contribution in [-0.2, 0) is 43.3 Å². The van der Waals surface area contributed by atoms with E-state index in [1.165, 1.54) is 94.1 Å². The van der Waals surface area contributed by atoms with Crippen LogP contribution in [-0.4, -0.2) is 20.1 Å². The third-order valence-corrected chi connectivity index (χ3v) is 22.8. The highest BCUT2D eigenvalue weighted by atomic mass is 16.5. The molecule has 0 N–H and O–H groups in total. The van der Waals surface area contributed by atoms with Crippen molar-refractivity contribution in [2.75, 3.05) is 14.7 Å². The highest BCUT2D eigenvalue weighted by Gasteiger charge is 2.52. The summed E-state index contributed by atoms with van der Waals surface area (Å²) in [5, 5.41) is 0. The zero-order valence-electron chi connectivity index (χ0n) is 64.5. The summed E-state index contributed by atoms with van der Waals surface area (Å²) in [6.45, 7) is 55.2. The smallest absolute Gasteiger partial charge is 0.261 e. The molecule has 0 unspecified atom stereocenters. The molecule has 0 saturated heterocycles. The van der Waals surface area contributed by atoms with Crippen molar-refractivity contribution in [1.82, 2.24) is 0 Å². The first-order chi connectivity index (χ1) is 47.1. The number of fused-ring (bicyclic) bond motifs is 12. The van der Waals surface area contributed by atoms with Gasteiger partial charge in [-0.1, -0.05) is 239 Å². The Morgan fingerprint density at radius 3 is 1.00 bits per heavy atom. The summed E-state index contributed by atoms with van der Waals surface area (Å²) in [7, 11) is 0. The van der Waals surface area contributed by atoms with Crippen molar-refractivity contribution in [3.63, 3.8) is 0 Å². The maximum absolute atomic E-state index is 7.66. The summed E-state index contributed by atoms with van der Waals surface area (Å²) < 4.78 is 22.3. The number of hydrogen-bond donors (Lipinski definition) is 0. The molecule has 0 aromatic heterocycles. The first-order valence-corrected chi connectivity index (χ1v) is 37.1. The normalized spacial score (nSPS) is 15.0. The van der Waals surface area contributed by atoms with Gasteiger partial charge in [0.05, 0.1) is 0 Å². The van der Waals surface area contributed by atoms with Crippen LogP contribution in [0.25, 0.3) is 0 Å². The van der Waals surface area contributed by atoms with Crippen LogP contribution in [0.15, 0.2) is 170 Å². The second kappa shape index (κ2) is 21.9. The van der Waals surface area contributed by atoms with E-state index >= 15 is 0 Å². The van der Waals surface area contributed by atoms with Crippen molar-refractivity contribution in [2.45, 2.75) is 209 Å². The molecule has 0 bridgehead atoms. The molecule has 6 nitrogen and oxygen atoms in total. The molecular weight excluding hydrogens is 1230 g/mol. The van der Waals surface area contributed by atoms with Gasteiger partial charge < -0.3 is 28.9 Å². The van der Waals surface area contributed by atoms with E-state index in [-0.39, 0.29) is 63.5 Å². The molecule has 0 radical (unpaired) electrons. The Hall–Kier alpha value is -8.81. The minimum Gasteiger partial charge on any atom is -0.458 e. The van der Waals surface area contributed by atoms with Gasteiger partial charge in [-0.2, -0.15) is 0 Å². The van der Waals surface area contributed by atoms with E-state index in [2.05, 4.69) is 351 Å². The predicted octanol–water partition coefficient (Wildman–Crippen LogP) is 19.3. The predicted molar refractivity (Wildman–Crippen MR) is 434 cm³/mol. The van der Waals surface area contributed by atoms with Crippen molar-refractivity contribution in [3.8, 4) is 34.5 Å². The van der Waals surface area contributed by atoms with Crippen LogP contribution in [0.2, 0.25) is 0 Å². The van der Waals surface area contributed by atoms with Crippen LogP contribution in [0.4, 0.5) is 51.2 Å². The summed E-state index contributed by atoms with van der Waals surface area (Å²) >= 11 is 0. The van der Waals surface area contributed by atoms with Gasteiger partial charge in [-0.3, -0.25) is 0 Å². The van der Waals surface area contributed by atoms with Crippen LogP contribution >= 0.6 is 0 Å². The molecule has 6 aliphatic heterocycles. The Kier molecular flexibility index (Phi) is 14.4. The van der Waals surface area contributed by atoms with Gasteiger partial charge in [0.1, 0.15) is 34.5 Å². The third-order valence-electron chi connectivity index (χ3n) is 22.8. The van der Waals surface area contributed by atoms with Crippen LogP contribution in [0, 0.1) is 0 Å². The first-order valence-electron chi connectivity index (χ1n) is 37.1. The molecule has 0 aliphatic carbocycles. The standard InChI is InChI=1S/C92H100B3N3O3/c1-85(2,3)53-28-35-60(36-29-53)96-69-51-70-65(94-67-42-56(88(10,11)12)34-41-75(67)99-78-46-58(90(16,17)18)45-74(83(78)94)97(70)61-37-30-54(31-38-61)86(4,5)6)49-64(69)93-66-50-68-77(101-80-48-59(91(19,20)21)47-79-84(80)95(68)81-63(92(22,23)24)26-25-27-76(81)100-79)52-71(66)98(62-39-32-55(33-40-62)87(7,8)9)73-44-57(89(13,14)15)43-72(96)82(73)93/h25-52H,1-24H3. The van der Waals surface area contributed by atoms with Crippen LogP contribution in [0.1, 0.15) is 211 Å². The molecule has 0 spiro atoms. The summed E-state index contributed by atoms with van der Waals surface area (Å²) in [6, 6.07) is 67.1. The van der Waals surface area contributed by atoms with E-state index in [1.54, 1.807) is 0 Å². The molecule has 101 heavy (non-hydrogen) atoms. The average Bonchev–Trinajstić information content (AvgIpc) is 0.683. The molecule has 0 atom stereocenters. The van der Waals surface area contributed by atoms with Crippen molar-refractivity contribution < 1.29 is 14.2 Å². The molecule has 6 aliphatic rings. The number of ether oxygens (including phenoxy) is 3. The topological polar surface area (TPSA) is 37.4 Å². The lowest BCUT2D eigenvalue weighted by Crippen LogP contribution is -2.66. The molecular formula is C92H100B3N3O3. The molecule has 16 rings (SSSR count). The number of benzene rings is 10. The van der Waals surface area contributed by atoms with Gasteiger partial charge >= 0.3 is 0 Å². The first kappa shape index (κ1) is 66.7. The van der Waals surface area contributed by atoms with Gasteiger partial charge in [0, 0.05) is 62.7 Å². The number of nitrogens with zero attached hydrogens (tertiary/aromatic N) is 3. The highest BCUT2D eigenvalue weighted by molar-refractivity contribution is 7.04. The minimum atomic E-state index is -0.269. The molecule has 10 aromatic rings. The van der Waals surface area contributed by atoms with E-state index in [4.69, 9.17) is 14.2 Å². The highest BCUT2D eigenvalue weighted by Crippen LogP contribution is 2.52. The zero-order chi connectivity index (χ0) is 71.9. The van der Waals surface area contributed by atoms with E-state index in [9.17, 15) is 0 Å². The minimum absolute atomic E-state index is 0.0467. The van der Waals surface area contributed by atoms with Gasteiger partial charge in [0.25, 0.3) is 20.1 Å². The Bertz CT molecular complexity index is 5120. The summed E-state index contributed by atoms with van der Waals surface area (Å²) in [6.07, 6.45) is 0. The molecule has 0 fully saturated rings. The fourth-order valence-electron chi connectivity index (χ4n) is 16.9. The van der Waals surface area contributed by atoms with Crippen LogP contribution < -0.4 is 78.1 Å². The maximum atomic E-state index is 7.66. The Morgan fingerprint density at radius 2 is 0.564 bits per heavy atom. The van der Waals surface area contributed by atoms with Gasteiger partial charge in [-0.25, -0.2) is 0 Å². The number of anilines is 9. The maximum Gasteiger partial charge on any atom is 0.261 e. The lowest BCUT2D eigenvalue weighted by Gasteiger charge is -2.47. The molecule has 9 heteroatoms. The summed E-state index contributed by atoms with van der Waals surface area (Å²) in [4.78, 5) is 7.86. The van der Waals surface area contributed by atoms with Gasteiger partial charge in [-0.15, -0.1) is 0 Å². The van der Waals surface area contributed by atoms with E-state index in [0.29, 0.717) is 0 Å². The van der Waals surface area contributed by atoms with Crippen LogP contribution in [0.3, 0.4) is 0 Å². The van der Waals surface area contributed by atoms with E-state index < -0.39 is 0 Å². The Morgan fingerprint density at radius 1 is 0.218 bits per heavy atom. The Balaban J connectivity index is 1.07. The lowest BCUT2D eigenvalue weighted by atomic mass is 9.29. The second-order valence-corrected chi connectivity index (χ2v) is 38.4. The molecule has 10 aromatic carbocycles. The lowest BCUT2D eigenvalue weighted by molar-refractivity contribution is 0.457. The summed E-state index contributed by atoms with van der Waals surface area (Å²) in [5.74, 6) is 5.31. The fraction of sp³-hybridized carbons (Fsp3) is 0.348. The van der Waals surface area contributed by atoms with Gasteiger partial charge in [-0.05, 0) is 223 Å². The molecule has 0 saturated carbocycles. The van der Waals surface area contributed by atoms with Crippen molar-refractivity contribution >= 4 is 120 Å². The van der Waals surface area contributed by atoms with Crippen molar-refractivity contribution in [3.05, 3.63) is 214 Å². The SMILES string of the molecule is CC(C)(C)c1ccc(N2c3cc4c(cc3B3c5cc(C(C)(C)C)ccc5Oc5cc(C(C)(C)C)cc2c53)B2c3cc5c(cc3N(c3ccc(C(C)(C)C)cc3)c3cc(C(C)(C)C)cc(c32)N4c2ccc(C(C)(C)C)cc2)Oc2cc(C(C)(C)C)cc3c2B5c2c(cccc2C(C)(C)C)O3)cc1. The third kappa shape index (κ3) is 10.7. The monoisotopic (exact) mass is 1330 g/mol. The number of rotatable bonds is 3.